The second kappa shape index (κ2) is 8.54. The van der Waals surface area contributed by atoms with Crippen molar-refractivity contribution in [2.75, 3.05) is 11.4 Å². The maximum atomic E-state index is 13.1. The largest absolute Gasteiger partial charge is 0.471 e. The summed E-state index contributed by atoms with van der Waals surface area (Å²) in [6, 6.07) is 7.02. The second-order valence-corrected chi connectivity index (χ2v) is 6.65. The van der Waals surface area contributed by atoms with Crippen LogP contribution in [0.15, 0.2) is 24.3 Å². The van der Waals surface area contributed by atoms with Crippen molar-refractivity contribution in [2.24, 2.45) is 5.92 Å². The van der Waals surface area contributed by atoms with Crippen LogP contribution in [-0.2, 0) is 11.2 Å². The Morgan fingerprint density at radius 3 is 2.46 bits per heavy atom. The number of alkyl halides is 3. The van der Waals surface area contributed by atoms with E-state index in [-0.39, 0.29) is 12.5 Å². The minimum absolute atomic E-state index is 0.157. The summed E-state index contributed by atoms with van der Waals surface area (Å²) in [4.78, 5) is 13.1. The Morgan fingerprint density at radius 2 is 1.83 bits per heavy atom. The molecule has 0 radical (unpaired) electrons. The van der Waals surface area contributed by atoms with Gasteiger partial charge in [-0.3, -0.25) is 4.79 Å². The number of aryl methyl sites for hydroxylation is 1. The smallest absolute Gasteiger partial charge is 0.304 e. The zero-order valence-electron chi connectivity index (χ0n) is 14.2. The third kappa shape index (κ3) is 4.99. The van der Waals surface area contributed by atoms with E-state index in [0.29, 0.717) is 12.1 Å². The fourth-order valence-electron chi connectivity index (χ4n) is 3.42. The Morgan fingerprint density at radius 1 is 1.17 bits per heavy atom. The number of hydrogen-bond donors (Lipinski definition) is 0. The molecule has 0 aromatic heterocycles. The van der Waals surface area contributed by atoms with Crippen LogP contribution >= 0.6 is 0 Å². The first-order chi connectivity index (χ1) is 11.4. The van der Waals surface area contributed by atoms with Gasteiger partial charge in [-0.25, -0.2) is 0 Å². The van der Waals surface area contributed by atoms with E-state index in [1.165, 1.54) is 0 Å². The summed E-state index contributed by atoms with van der Waals surface area (Å²) in [6.45, 7) is 2.21. The van der Waals surface area contributed by atoms with Crippen molar-refractivity contribution in [1.29, 1.82) is 0 Å². The Kier molecular flexibility index (Phi) is 6.69. The van der Waals surface area contributed by atoms with Gasteiger partial charge in [-0.1, -0.05) is 50.8 Å². The van der Waals surface area contributed by atoms with Gasteiger partial charge in [0.2, 0.25) is 0 Å². The molecule has 0 unspecified atom stereocenters. The second-order valence-electron chi connectivity index (χ2n) is 6.65. The number of carbonyl (C=O) groups excluding carboxylic acids is 1. The summed E-state index contributed by atoms with van der Waals surface area (Å²) < 4.78 is 39.4. The third-order valence-corrected chi connectivity index (χ3v) is 4.74. The minimum Gasteiger partial charge on any atom is -0.304 e. The van der Waals surface area contributed by atoms with Gasteiger partial charge in [0.1, 0.15) is 0 Å². The average molecular weight is 341 g/mol. The van der Waals surface area contributed by atoms with Gasteiger partial charge in [-0.15, -0.1) is 0 Å². The predicted molar refractivity (Wildman–Crippen MR) is 90.0 cm³/mol. The van der Waals surface area contributed by atoms with Gasteiger partial charge in [-0.2, -0.15) is 13.2 Å². The summed E-state index contributed by atoms with van der Waals surface area (Å²) >= 11 is 0. The summed E-state index contributed by atoms with van der Waals surface area (Å²) in [7, 11) is 0. The first kappa shape index (κ1) is 18.8. The SMILES string of the molecule is CCCCc1ccccc1N(CC1CCCCC1)C(=O)C(F)(F)F. The van der Waals surface area contributed by atoms with Crippen molar-refractivity contribution < 1.29 is 18.0 Å². The van der Waals surface area contributed by atoms with E-state index in [1.807, 2.05) is 19.1 Å². The molecule has 0 aliphatic heterocycles. The molecule has 1 aliphatic carbocycles. The number of amides is 1. The van der Waals surface area contributed by atoms with Crippen LogP contribution < -0.4 is 4.90 Å². The zero-order valence-corrected chi connectivity index (χ0v) is 14.2. The van der Waals surface area contributed by atoms with Crippen LogP contribution in [0.25, 0.3) is 0 Å². The van der Waals surface area contributed by atoms with Crippen molar-refractivity contribution in [3.05, 3.63) is 29.8 Å². The first-order valence-electron chi connectivity index (χ1n) is 8.90. The lowest BCUT2D eigenvalue weighted by Gasteiger charge is -2.31. The van der Waals surface area contributed by atoms with Crippen LogP contribution in [0.1, 0.15) is 57.4 Å². The lowest BCUT2D eigenvalue weighted by atomic mass is 9.88. The summed E-state index contributed by atoms with van der Waals surface area (Å²) in [5.74, 6) is -1.58. The van der Waals surface area contributed by atoms with Crippen LogP contribution in [0, 0.1) is 5.92 Å². The third-order valence-electron chi connectivity index (χ3n) is 4.74. The van der Waals surface area contributed by atoms with Gasteiger partial charge >= 0.3 is 12.1 Å². The number of anilines is 1. The molecule has 1 aromatic carbocycles. The van der Waals surface area contributed by atoms with Gasteiger partial charge in [0.05, 0.1) is 0 Å². The average Bonchev–Trinajstić information content (AvgIpc) is 2.58. The number of para-hydroxylation sites is 1. The molecule has 1 fully saturated rings. The monoisotopic (exact) mass is 341 g/mol. The van der Waals surface area contributed by atoms with Crippen LogP contribution in [0.5, 0.6) is 0 Å². The number of carbonyl (C=O) groups is 1. The maximum Gasteiger partial charge on any atom is 0.471 e. The molecule has 0 N–H and O–H groups in total. The van der Waals surface area contributed by atoms with Crippen molar-refractivity contribution in [3.8, 4) is 0 Å². The van der Waals surface area contributed by atoms with Crippen molar-refractivity contribution in [1.82, 2.24) is 0 Å². The molecule has 2 rings (SSSR count). The summed E-state index contributed by atoms with van der Waals surface area (Å²) in [6.07, 6.45) is 2.73. The number of nitrogens with zero attached hydrogens (tertiary/aromatic N) is 1. The van der Waals surface area contributed by atoms with Crippen molar-refractivity contribution >= 4 is 11.6 Å². The highest BCUT2D eigenvalue weighted by molar-refractivity contribution is 5.98. The molecule has 0 bridgehead atoms. The molecule has 1 aliphatic rings. The van der Waals surface area contributed by atoms with E-state index in [2.05, 4.69) is 0 Å². The topological polar surface area (TPSA) is 20.3 Å². The quantitative estimate of drug-likeness (QED) is 0.668. The molecule has 2 nitrogen and oxygen atoms in total. The predicted octanol–water partition coefficient (Wildman–Crippen LogP) is 5.50. The number of halogens is 3. The number of benzene rings is 1. The Balaban J connectivity index is 2.29. The molecule has 1 aromatic rings. The number of hydrogen-bond acceptors (Lipinski definition) is 1. The minimum atomic E-state index is -4.84. The van der Waals surface area contributed by atoms with Gasteiger partial charge in [0.15, 0.2) is 0 Å². The lowest BCUT2D eigenvalue weighted by molar-refractivity contribution is -0.170. The molecule has 24 heavy (non-hydrogen) atoms. The van der Waals surface area contributed by atoms with Crippen LogP contribution in [0.4, 0.5) is 18.9 Å². The lowest BCUT2D eigenvalue weighted by Crippen LogP contribution is -2.44. The Bertz CT molecular complexity index is 536. The standard InChI is InChI=1S/C19H26F3NO/c1-2-3-11-16-12-7-8-13-17(16)23(18(24)19(20,21)22)14-15-9-5-4-6-10-15/h7-8,12-13,15H,2-6,9-11,14H2,1H3. The molecule has 134 valence electrons. The highest BCUT2D eigenvalue weighted by Crippen LogP contribution is 2.31. The molecule has 0 heterocycles. The normalized spacial score (nSPS) is 16.2. The highest BCUT2D eigenvalue weighted by atomic mass is 19.4. The van der Waals surface area contributed by atoms with Gasteiger partial charge in [0, 0.05) is 12.2 Å². The molecule has 1 amide bonds. The Hall–Kier alpha value is -1.52. The maximum absolute atomic E-state index is 13.1. The molecular formula is C19H26F3NO. The highest BCUT2D eigenvalue weighted by Gasteiger charge is 2.44. The molecule has 0 saturated heterocycles. The van der Waals surface area contributed by atoms with Gasteiger partial charge in [-0.05, 0) is 43.2 Å². The van der Waals surface area contributed by atoms with Crippen LogP contribution in [-0.4, -0.2) is 18.6 Å². The Labute approximate surface area is 142 Å². The van der Waals surface area contributed by atoms with Crippen molar-refractivity contribution in [2.45, 2.75) is 64.5 Å². The van der Waals surface area contributed by atoms with Crippen LogP contribution in [0.2, 0.25) is 0 Å². The first-order valence-corrected chi connectivity index (χ1v) is 8.90. The van der Waals surface area contributed by atoms with Crippen LogP contribution in [0.3, 0.4) is 0 Å². The molecule has 0 atom stereocenters. The van der Waals surface area contributed by atoms with E-state index in [4.69, 9.17) is 0 Å². The fourth-order valence-corrected chi connectivity index (χ4v) is 3.42. The number of rotatable bonds is 6. The van der Waals surface area contributed by atoms with E-state index in [9.17, 15) is 18.0 Å². The molecule has 0 spiro atoms. The van der Waals surface area contributed by atoms with E-state index >= 15 is 0 Å². The summed E-state index contributed by atoms with van der Waals surface area (Å²) in [5.41, 5.74) is 1.26. The fraction of sp³-hybridized carbons (Fsp3) is 0.632. The van der Waals surface area contributed by atoms with Crippen molar-refractivity contribution in [3.63, 3.8) is 0 Å². The summed E-state index contributed by atoms with van der Waals surface area (Å²) in [5, 5.41) is 0. The van der Waals surface area contributed by atoms with E-state index in [0.717, 1.165) is 55.4 Å². The van der Waals surface area contributed by atoms with Gasteiger partial charge in [0.25, 0.3) is 0 Å². The number of unbranched alkanes of at least 4 members (excludes halogenated alkanes) is 1. The molecule has 5 heteroatoms. The van der Waals surface area contributed by atoms with E-state index < -0.39 is 12.1 Å². The molecular weight excluding hydrogens is 315 g/mol. The molecule has 1 saturated carbocycles. The zero-order chi connectivity index (χ0) is 17.6. The van der Waals surface area contributed by atoms with E-state index in [1.54, 1.807) is 12.1 Å². The van der Waals surface area contributed by atoms with Gasteiger partial charge < -0.3 is 4.90 Å².